The van der Waals surface area contributed by atoms with Crippen LogP contribution in [-0.2, 0) is 6.54 Å². The molecule has 1 aromatic carbocycles. The fourth-order valence-corrected chi connectivity index (χ4v) is 2.31. The molecule has 5 heteroatoms. The topological polar surface area (TPSA) is 51.9 Å². The highest BCUT2D eigenvalue weighted by atomic mass is 16.5. The lowest BCUT2D eigenvalue weighted by molar-refractivity contribution is 0.0774. The van der Waals surface area contributed by atoms with Gasteiger partial charge in [0.25, 0.3) is 5.91 Å². The van der Waals surface area contributed by atoms with Gasteiger partial charge in [-0.2, -0.15) is 0 Å². The Labute approximate surface area is 130 Å². The van der Waals surface area contributed by atoms with Crippen molar-refractivity contribution >= 4 is 5.91 Å². The number of aryl methyl sites for hydroxylation is 1. The third kappa shape index (κ3) is 3.24. The lowest BCUT2D eigenvalue weighted by Crippen LogP contribution is -2.26. The van der Waals surface area contributed by atoms with Crippen LogP contribution in [0.15, 0.2) is 28.7 Å². The Hall–Kier alpha value is -2.43. The van der Waals surface area contributed by atoms with Crippen LogP contribution in [0, 0.1) is 13.8 Å². The molecule has 0 N–H and O–H groups in total. The van der Waals surface area contributed by atoms with Crippen LogP contribution in [-0.4, -0.2) is 32.1 Å². The average Bonchev–Trinajstić information content (AvgIpc) is 2.91. The number of carbonyl (C=O) groups is 1. The molecule has 0 fully saturated rings. The summed E-state index contributed by atoms with van der Waals surface area (Å²) in [5.41, 5.74) is 1.39. The van der Waals surface area contributed by atoms with E-state index in [1.165, 1.54) is 0 Å². The molecule has 0 aliphatic heterocycles. The first-order valence-corrected chi connectivity index (χ1v) is 6.99. The summed E-state index contributed by atoms with van der Waals surface area (Å²) in [4.78, 5) is 14.2. The van der Waals surface area contributed by atoms with Crippen LogP contribution in [0.3, 0.4) is 0 Å². The first kappa shape index (κ1) is 15.9. The Balaban J connectivity index is 2.24. The van der Waals surface area contributed by atoms with Gasteiger partial charge in [0.1, 0.15) is 23.0 Å². The van der Waals surface area contributed by atoms with Gasteiger partial charge in [0.2, 0.25) is 0 Å². The minimum atomic E-state index is -0.120. The summed E-state index contributed by atoms with van der Waals surface area (Å²) in [6.45, 7) is 4.17. The lowest BCUT2D eigenvalue weighted by atomic mass is 10.1. The predicted molar refractivity (Wildman–Crippen MR) is 83.5 cm³/mol. The van der Waals surface area contributed by atoms with Gasteiger partial charge in [0.15, 0.2) is 0 Å². The number of carbonyl (C=O) groups excluding carboxylic acids is 1. The number of ether oxygens (including phenoxy) is 2. The number of nitrogens with zero attached hydrogens (tertiary/aromatic N) is 1. The predicted octanol–water partition coefficient (Wildman–Crippen LogP) is 3.19. The zero-order valence-electron chi connectivity index (χ0n) is 13.6. The number of rotatable bonds is 5. The van der Waals surface area contributed by atoms with E-state index in [4.69, 9.17) is 13.9 Å². The van der Waals surface area contributed by atoms with Crippen LogP contribution >= 0.6 is 0 Å². The molecule has 2 rings (SSSR count). The van der Waals surface area contributed by atoms with Crippen LogP contribution in [0.1, 0.15) is 27.4 Å². The van der Waals surface area contributed by atoms with Crippen molar-refractivity contribution in [1.82, 2.24) is 4.90 Å². The van der Waals surface area contributed by atoms with Gasteiger partial charge in [-0.25, -0.2) is 0 Å². The quantitative estimate of drug-likeness (QED) is 0.851. The molecule has 1 amide bonds. The number of furan rings is 1. The Morgan fingerprint density at radius 1 is 1.14 bits per heavy atom. The number of benzene rings is 1. The molecule has 0 bridgehead atoms. The van der Waals surface area contributed by atoms with Gasteiger partial charge >= 0.3 is 0 Å². The number of methoxy groups -OCH3 is 2. The second-order valence-electron chi connectivity index (χ2n) is 5.18. The van der Waals surface area contributed by atoms with Crippen molar-refractivity contribution in [3.63, 3.8) is 0 Å². The third-order valence-corrected chi connectivity index (χ3v) is 3.53. The normalized spacial score (nSPS) is 10.4. The van der Waals surface area contributed by atoms with Gasteiger partial charge in [-0.05, 0) is 38.1 Å². The highest BCUT2D eigenvalue weighted by Gasteiger charge is 2.17. The SMILES string of the molecule is COc1cc(C(=O)N(C)Cc2ccc(C)o2)cc(OC)c1C. The Morgan fingerprint density at radius 2 is 1.73 bits per heavy atom. The Morgan fingerprint density at radius 3 is 2.18 bits per heavy atom. The van der Waals surface area contributed by atoms with Gasteiger partial charge in [-0.15, -0.1) is 0 Å². The van der Waals surface area contributed by atoms with Gasteiger partial charge in [-0.1, -0.05) is 0 Å². The summed E-state index contributed by atoms with van der Waals surface area (Å²) in [7, 11) is 4.88. The zero-order valence-corrected chi connectivity index (χ0v) is 13.6. The minimum Gasteiger partial charge on any atom is -0.496 e. The highest BCUT2D eigenvalue weighted by molar-refractivity contribution is 5.95. The van der Waals surface area contributed by atoms with Gasteiger partial charge in [-0.3, -0.25) is 4.79 Å². The van der Waals surface area contributed by atoms with Crippen LogP contribution in [0.5, 0.6) is 11.5 Å². The second-order valence-corrected chi connectivity index (χ2v) is 5.18. The van der Waals surface area contributed by atoms with E-state index in [0.717, 1.165) is 17.1 Å². The van der Waals surface area contributed by atoms with E-state index in [0.29, 0.717) is 23.6 Å². The van der Waals surface area contributed by atoms with Crippen molar-refractivity contribution in [1.29, 1.82) is 0 Å². The first-order chi connectivity index (χ1) is 10.5. The van der Waals surface area contributed by atoms with Crippen LogP contribution in [0.2, 0.25) is 0 Å². The van der Waals surface area contributed by atoms with E-state index < -0.39 is 0 Å². The summed E-state index contributed by atoms with van der Waals surface area (Å²) in [6, 6.07) is 7.20. The van der Waals surface area contributed by atoms with Crippen molar-refractivity contribution in [2.24, 2.45) is 0 Å². The molecule has 1 aromatic heterocycles. The van der Waals surface area contributed by atoms with Crippen molar-refractivity contribution in [3.8, 4) is 11.5 Å². The molecule has 22 heavy (non-hydrogen) atoms. The maximum absolute atomic E-state index is 12.6. The average molecular weight is 303 g/mol. The molecule has 0 saturated carbocycles. The minimum absolute atomic E-state index is 0.120. The molecular formula is C17H21NO4. The molecule has 0 saturated heterocycles. The Bertz CT molecular complexity index is 650. The molecule has 0 atom stereocenters. The molecule has 0 aliphatic carbocycles. The van der Waals surface area contributed by atoms with Crippen molar-refractivity contribution < 1.29 is 18.7 Å². The fraction of sp³-hybridized carbons (Fsp3) is 0.353. The maximum atomic E-state index is 12.6. The number of hydrogen-bond acceptors (Lipinski definition) is 4. The highest BCUT2D eigenvalue weighted by Crippen LogP contribution is 2.30. The molecule has 118 valence electrons. The van der Waals surface area contributed by atoms with Gasteiger partial charge < -0.3 is 18.8 Å². The second kappa shape index (κ2) is 6.56. The number of amides is 1. The van der Waals surface area contributed by atoms with Crippen molar-refractivity contribution in [2.75, 3.05) is 21.3 Å². The standard InChI is InChI=1S/C17H21NO4/c1-11-6-7-14(22-11)10-18(3)17(19)13-8-15(20-4)12(2)16(9-13)21-5/h6-9H,10H2,1-5H3. The first-order valence-electron chi connectivity index (χ1n) is 6.99. The van der Waals surface area contributed by atoms with E-state index >= 15 is 0 Å². The van der Waals surface area contributed by atoms with E-state index in [9.17, 15) is 4.79 Å². The monoisotopic (exact) mass is 303 g/mol. The largest absolute Gasteiger partial charge is 0.496 e. The van der Waals surface area contributed by atoms with Gasteiger partial charge in [0, 0.05) is 18.2 Å². The summed E-state index contributed by atoms with van der Waals surface area (Å²) in [6.07, 6.45) is 0. The molecular weight excluding hydrogens is 282 g/mol. The van der Waals surface area contributed by atoms with E-state index in [2.05, 4.69) is 0 Å². The fourth-order valence-electron chi connectivity index (χ4n) is 2.31. The third-order valence-electron chi connectivity index (χ3n) is 3.53. The van der Waals surface area contributed by atoms with E-state index in [1.807, 2.05) is 26.0 Å². The van der Waals surface area contributed by atoms with Crippen molar-refractivity contribution in [3.05, 3.63) is 46.9 Å². The van der Waals surface area contributed by atoms with Gasteiger partial charge in [0.05, 0.1) is 20.8 Å². The Kier molecular flexibility index (Phi) is 4.75. The molecule has 0 aliphatic rings. The summed E-state index contributed by atoms with van der Waals surface area (Å²) >= 11 is 0. The maximum Gasteiger partial charge on any atom is 0.254 e. The molecule has 5 nitrogen and oxygen atoms in total. The molecule has 0 radical (unpaired) electrons. The van der Waals surface area contributed by atoms with Crippen molar-refractivity contribution in [2.45, 2.75) is 20.4 Å². The zero-order chi connectivity index (χ0) is 16.3. The number of hydrogen-bond donors (Lipinski definition) is 0. The van der Waals surface area contributed by atoms with Crippen LogP contribution in [0.25, 0.3) is 0 Å². The van der Waals surface area contributed by atoms with E-state index in [1.54, 1.807) is 38.3 Å². The van der Waals surface area contributed by atoms with Crippen LogP contribution in [0.4, 0.5) is 0 Å². The van der Waals surface area contributed by atoms with E-state index in [-0.39, 0.29) is 5.91 Å². The molecule has 2 aromatic rings. The summed E-state index contributed by atoms with van der Waals surface area (Å²) < 4.78 is 16.1. The summed E-state index contributed by atoms with van der Waals surface area (Å²) in [5, 5.41) is 0. The molecule has 1 heterocycles. The van der Waals surface area contributed by atoms with Crippen LogP contribution < -0.4 is 9.47 Å². The lowest BCUT2D eigenvalue weighted by Gasteiger charge is -2.18. The smallest absolute Gasteiger partial charge is 0.254 e. The molecule has 0 unspecified atom stereocenters. The summed E-state index contributed by atoms with van der Waals surface area (Å²) in [5.74, 6) is 2.72. The molecule has 0 spiro atoms.